The van der Waals surface area contributed by atoms with Crippen LogP contribution < -0.4 is 0 Å². The Kier molecular flexibility index (Phi) is 3.90. The third-order valence-corrected chi connectivity index (χ3v) is 2.42. The lowest BCUT2D eigenvalue weighted by molar-refractivity contribution is -0.109. The second kappa shape index (κ2) is 5.21. The molecule has 70 valence electrons. The van der Waals surface area contributed by atoms with E-state index in [1.54, 1.807) is 17.4 Å². The zero-order valence-electron chi connectivity index (χ0n) is 7.91. The van der Waals surface area contributed by atoms with Gasteiger partial charge in [-0.15, -0.1) is 11.3 Å². The number of rotatable bonds is 2. The number of hydrogen-bond acceptors (Lipinski definition) is 2. The number of thiophene rings is 1. The van der Waals surface area contributed by atoms with Crippen LogP contribution in [0, 0.1) is 18.8 Å². The van der Waals surface area contributed by atoms with E-state index in [-0.39, 0.29) is 5.78 Å². The number of allylic oxidation sites excluding steroid dienone is 2. The van der Waals surface area contributed by atoms with Gasteiger partial charge >= 0.3 is 0 Å². The van der Waals surface area contributed by atoms with Crippen molar-refractivity contribution in [2.75, 3.05) is 0 Å². The maximum absolute atomic E-state index is 11.1. The normalized spacial score (nSPS) is 9.50. The summed E-state index contributed by atoms with van der Waals surface area (Å²) in [6.45, 7) is 5.44. The average molecular weight is 202 g/mol. The summed E-state index contributed by atoms with van der Waals surface area (Å²) in [5.41, 5.74) is 0. The Hall–Kier alpha value is -1.59. The highest BCUT2D eigenvalue weighted by Gasteiger charge is 1.92. The Morgan fingerprint density at radius 1 is 1.57 bits per heavy atom. The van der Waals surface area contributed by atoms with Crippen LogP contribution in [0.1, 0.15) is 9.75 Å². The van der Waals surface area contributed by atoms with Crippen LogP contribution >= 0.6 is 11.3 Å². The monoisotopic (exact) mass is 202 g/mol. The molecular weight excluding hydrogens is 192 g/mol. The van der Waals surface area contributed by atoms with Gasteiger partial charge < -0.3 is 0 Å². The van der Waals surface area contributed by atoms with E-state index >= 15 is 0 Å². The van der Waals surface area contributed by atoms with Gasteiger partial charge in [-0.25, -0.2) is 0 Å². The first kappa shape index (κ1) is 10.5. The van der Waals surface area contributed by atoms with Crippen LogP contribution in [0.5, 0.6) is 0 Å². The molecule has 0 saturated carbocycles. The van der Waals surface area contributed by atoms with Crippen LogP contribution in [-0.2, 0) is 4.79 Å². The van der Waals surface area contributed by atoms with Crippen molar-refractivity contribution in [1.82, 2.24) is 0 Å². The minimum atomic E-state index is -0.198. The van der Waals surface area contributed by atoms with Gasteiger partial charge in [0.2, 0.25) is 5.78 Å². The molecule has 0 atom stereocenters. The van der Waals surface area contributed by atoms with Crippen LogP contribution in [0.25, 0.3) is 6.08 Å². The molecule has 0 bridgehead atoms. The quantitative estimate of drug-likeness (QED) is 0.409. The first-order chi connectivity index (χ1) is 6.72. The minimum Gasteiger partial charge on any atom is -0.280 e. The van der Waals surface area contributed by atoms with Gasteiger partial charge in [0.05, 0.1) is 0 Å². The van der Waals surface area contributed by atoms with Crippen molar-refractivity contribution in [2.45, 2.75) is 6.92 Å². The lowest BCUT2D eigenvalue weighted by Gasteiger charge is -1.80. The number of ketones is 1. The molecule has 0 spiro atoms. The summed E-state index contributed by atoms with van der Waals surface area (Å²) in [4.78, 5) is 13.4. The number of hydrogen-bond donors (Lipinski definition) is 0. The van der Waals surface area contributed by atoms with Crippen molar-refractivity contribution in [3.8, 4) is 11.8 Å². The fourth-order valence-corrected chi connectivity index (χ4v) is 1.64. The molecule has 1 rings (SSSR count). The third-order valence-electron chi connectivity index (χ3n) is 1.46. The first-order valence-electron chi connectivity index (χ1n) is 4.13. The number of aryl methyl sites for hydroxylation is 1. The topological polar surface area (TPSA) is 17.1 Å². The van der Waals surface area contributed by atoms with Gasteiger partial charge in [-0.2, -0.15) is 0 Å². The van der Waals surface area contributed by atoms with E-state index < -0.39 is 0 Å². The van der Waals surface area contributed by atoms with Crippen molar-refractivity contribution in [3.63, 3.8) is 0 Å². The van der Waals surface area contributed by atoms with Crippen LogP contribution in [0.4, 0.5) is 0 Å². The fourth-order valence-electron chi connectivity index (χ4n) is 0.865. The highest BCUT2D eigenvalue weighted by atomic mass is 32.1. The summed E-state index contributed by atoms with van der Waals surface area (Å²) in [5, 5.41) is 0. The van der Waals surface area contributed by atoms with E-state index in [0.29, 0.717) is 0 Å². The summed E-state index contributed by atoms with van der Waals surface area (Å²) in [5.74, 6) is 4.73. The van der Waals surface area contributed by atoms with E-state index in [4.69, 9.17) is 0 Å². The predicted octanol–water partition coefficient (Wildman–Crippen LogP) is 2.83. The molecule has 0 fully saturated rings. The maximum Gasteiger partial charge on any atom is 0.229 e. The second-order valence-corrected chi connectivity index (χ2v) is 3.94. The zero-order chi connectivity index (χ0) is 10.4. The molecule has 0 saturated heterocycles. The van der Waals surface area contributed by atoms with Crippen molar-refractivity contribution in [2.24, 2.45) is 0 Å². The standard InChI is InChI=1S/C12H10OS/c1-3-4-5-11(13)7-9-12-8-6-10(2)14-12/h3,6-9H,1H2,2H3/b9-7+. The van der Waals surface area contributed by atoms with Crippen molar-refractivity contribution in [3.05, 3.63) is 40.6 Å². The fraction of sp³-hybridized carbons (Fsp3) is 0.0833. The molecule has 1 heterocycles. The van der Waals surface area contributed by atoms with Gasteiger partial charge in [-0.1, -0.05) is 12.5 Å². The van der Waals surface area contributed by atoms with E-state index in [1.807, 2.05) is 19.1 Å². The summed E-state index contributed by atoms with van der Waals surface area (Å²) in [6.07, 6.45) is 4.65. The number of carbonyl (C=O) groups is 1. The highest BCUT2D eigenvalue weighted by molar-refractivity contribution is 7.12. The minimum absolute atomic E-state index is 0.198. The molecule has 0 aromatic carbocycles. The van der Waals surface area contributed by atoms with Gasteiger partial charge in [-0.3, -0.25) is 4.79 Å². The molecule has 0 aliphatic carbocycles. The molecular formula is C12H10OS. The van der Waals surface area contributed by atoms with Crippen LogP contribution in [0.15, 0.2) is 30.9 Å². The van der Waals surface area contributed by atoms with Crippen LogP contribution in [0.3, 0.4) is 0 Å². The Bertz CT molecular complexity index is 427. The highest BCUT2D eigenvalue weighted by Crippen LogP contribution is 2.16. The van der Waals surface area contributed by atoms with Gasteiger partial charge in [0.15, 0.2) is 0 Å². The number of carbonyl (C=O) groups excluding carboxylic acids is 1. The lowest BCUT2D eigenvalue weighted by Crippen LogP contribution is -1.83. The molecule has 0 N–H and O–H groups in total. The summed E-state index contributed by atoms with van der Waals surface area (Å²) in [7, 11) is 0. The van der Waals surface area contributed by atoms with Gasteiger partial charge in [0.25, 0.3) is 0 Å². The first-order valence-corrected chi connectivity index (χ1v) is 4.95. The second-order valence-electron chi connectivity index (χ2n) is 2.62. The lowest BCUT2D eigenvalue weighted by atomic mass is 10.3. The molecule has 0 aliphatic rings. The Labute approximate surface area is 87.8 Å². The van der Waals surface area contributed by atoms with E-state index in [9.17, 15) is 4.79 Å². The molecule has 1 aromatic heterocycles. The van der Waals surface area contributed by atoms with Crippen molar-refractivity contribution < 1.29 is 4.79 Å². The van der Waals surface area contributed by atoms with Gasteiger partial charge in [0.1, 0.15) is 0 Å². The molecule has 0 amide bonds. The molecule has 0 radical (unpaired) electrons. The summed E-state index contributed by atoms with van der Waals surface area (Å²) < 4.78 is 0. The molecule has 1 aromatic rings. The van der Waals surface area contributed by atoms with E-state index in [0.717, 1.165) is 4.88 Å². The smallest absolute Gasteiger partial charge is 0.229 e. The predicted molar refractivity (Wildman–Crippen MR) is 61.1 cm³/mol. The summed E-state index contributed by atoms with van der Waals surface area (Å²) >= 11 is 1.65. The van der Waals surface area contributed by atoms with E-state index in [2.05, 4.69) is 18.4 Å². The van der Waals surface area contributed by atoms with Gasteiger partial charge in [-0.05, 0) is 43.2 Å². The Morgan fingerprint density at radius 3 is 2.93 bits per heavy atom. The SMILES string of the molecule is C=CC#CC(=O)/C=C/c1ccc(C)s1. The molecule has 0 unspecified atom stereocenters. The average Bonchev–Trinajstić information content (AvgIpc) is 2.58. The Morgan fingerprint density at radius 2 is 2.36 bits per heavy atom. The van der Waals surface area contributed by atoms with E-state index in [1.165, 1.54) is 17.0 Å². The molecule has 2 heteroatoms. The molecule has 0 aliphatic heterocycles. The zero-order valence-corrected chi connectivity index (χ0v) is 8.73. The molecule has 14 heavy (non-hydrogen) atoms. The van der Waals surface area contributed by atoms with Crippen molar-refractivity contribution in [1.29, 1.82) is 0 Å². The molecule has 1 nitrogen and oxygen atoms in total. The maximum atomic E-state index is 11.1. The van der Waals surface area contributed by atoms with Crippen molar-refractivity contribution >= 4 is 23.2 Å². The largest absolute Gasteiger partial charge is 0.280 e. The third kappa shape index (κ3) is 3.42. The van der Waals surface area contributed by atoms with Crippen LogP contribution in [-0.4, -0.2) is 5.78 Å². The Balaban J connectivity index is 2.64. The van der Waals surface area contributed by atoms with Crippen LogP contribution in [0.2, 0.25) is 0 Å². The van der Waals surface area contributed by atoms with Gasteiger partial charge in [0, 0.05) is 9.75 Å². The summed E-state index contributed by atoms with van der Waals surface area (Å²) in [6, 6.07) is 3.99.